The lowest BCUT2D eigenvalue weighted by molar-refractivity contribution is 0.669. The van der Waals surface area contributed by atoms with Crippen molar-refractivity contribution in [2.75, 3.05) is 4.90 Å². The molecular weight excluding hydrogens is 526 g/mol. The Hall–Kier alpha value is -5.80. The summed E-state index contributed by atoms with van der Waals surface area (Å²) >= 11 is 0. The summed E-state index contributed by atoms with van der Waals surface area (Å²) in [7, 11) is 0. The Morgan fingerprint density at radius 1 is 0.419 bits per heavy atom. The third-order valence-corrected chi connectivity index (χ3v) is 8.46. The van der Waals surface area contributed by atoms with Crippen molar-refractivity contribution in [3.8, 4) is 11.1 Å². The maximum absolute atomic E-state index is 6.59. The van der Waals surface area contributed by atoms with E-state index < -0.39 is 0 Å². The minimum Gasteiger partial charge on any atom is -0.456 e. The fraction of sp³-hybridized carbons (Fsp3) is 0. The van der Waals surface area contributed by atoms with E-state index in [1.807, 2.05) is 12.1 Å². The van der Waals surface area contributed by atoms with E-state index in [9.17, 15) is 0 Å². The highest BCUT2D eigenvalue weighted by molar-refractivity contribution is 6.19. The number of hydrogen-bond acceptors (Lipinski definition) is 3. The van der Waals surface area contributed by atoms with E-state index in [0.717, 1.165) is 72.1 Å². The summed E-state index contributed by atoms with van der Waals surface area (Å²) < 4.78 is 13.0. The van der Waals surface area contributed by atoms with Gasteiger partial charge in [-0.3, -0.25) is 0 Å². The summed E-state index contributed by atoms with van der Waals surface area (Å²) in [5.41, 5.74) is 8.86. The van der Waals surface area contributed by atoms with Crippen LogP contribution in [0.2, 0.25) is 0 Å². The molecular formula is C40H25NO2. The van der Waals surface area contributed by atoms with Crippen LogP contribution >= 0.6 is 0 Å². The molecule has 0 fully saturated rings. The van der Waals surface area contributed by atoms with Gasteiger partial charge in [0.15, 0.2) is 5.58 Å². The number of anilines is 3. The number of nitrogens with zero attached hydrogens (tertiary/aromatic N) is 1. The Bertz CT molecular complexity index is 2470. The second kappa shape index (κ2) is 9.37. The summed E-state index contributed by atoms with van der Waals surface area (Å²) in [6, 6.07) is 53.0. The Labute approximate surface area is 247 Å². The number of hydrogen-bond donors (Lipinski definition) is 0. The molecule has 0 spiro atoms. The molecule has 0 unspecified atom stereocenters. The van der Waals surface area contributed by atoms with Crippen LogP contribution in [0, 0.1) is 0 Å². The number of rotatable bonds is 4. The van der Waals surface area contributed by atoms with E-state index in [-0.39, 0.29) is 0 Å². The molecule has 7 aromatic carbocycles. The van der Waals surface area contributed by atoms with Crippen molar-refractivity contribution in [3.05, 3.63) is 152 Å². The normalized spacial score (nSPS) is 11.7. The Morgan fingerprint density at radius 2 is 1.12 bits per heavy atom. The molecule has 0 aliphatic heterocycles. The van der Waals surface area contributed by atoms with E-state index in [1.165, 1.54) is 10.8 Å². The van der Waals surface area contributed by atoms with Crippen molar-refractivity contribution >= 4 is 71.7 Å². The predicted octanol–water partition coefficient (Wildman–Crippen LogP) is 11.8. The van der Waals surface area contributed by atoms with Crippen LogP contribution in [-0.4, -0.2) is 0 Å². The molecule has 2 heterocycles. The van der Waals surface area contributed by atoms with E-state index in [0.29, 0.717) is 0 Å². The molecule has 0 amide bonds. The summed E-state index contributed by atoms with van der Waals surface area (Å²) in [6.45, 7) is 0. The van der Waals surface area contributed by atoms with Gasteiger partial charge >= 0.3 is 0 Å². The molecule has 202 valence electrons. The van der Waals surface area contributed by atoms with Crippen LogP contribution in [0.4, 0.5) is 17.1 Å². The third kappa shape index (κ3) is 3.68. The Balaban J connectivity index is 1.37. The smallest absolute Gasteiger partial charge is 0.159 e. The predicted molar refractivity (Wildman–Crippen MR) is 179 cm³/mol. The molecule has 0 aliphatic rings. The van der Waals surface area contributed by atoms with Gasteiger partial charge in [-0.2, -0.15) is 0 Å². The molecule has 0 atom stereocenters. The summed E-state index contributed by atoms with van der Waals surface area (Å²) in [6.07, 6.45) is 0. The minimum absolute atomic E-state index is 0.856. The van der Waals surface area contributed by atoms with E-state index in [1.54, 1.807) is 0 Å². The first-order valence-corrected chi connectivity index (χ1v) is 14.5. The molecule has 9 aromatic rings. The van der Waals surface area contributed by atoms with Gasteiger partial charge in [0.2, 0.25) is 0 Å². The number of para-hydroxylation sites is 3. The SMILES string of the molecule is c1ccc(-c2ccccc2N(c2ccc3oc4ccc5ccccc5c4c3c2)c2cccc3c2oc2ccccc23)cc1. The van der Waals surface area contributed by atoms with Gasteiger partial charge in [0, 0.05) is 32.8 Å². The average molecular weight is 552 g/mol. The highest BCUT2D eigenvalue weighted by Gasteiger charge is 2.23. The van der Waals surface area contributed by atoms with Gasteiger partial charge in [0.05, 0.1) is 11.4 Å². The standard InChI is InChI=1S/C40H25NO2/c1-2-11-26(12-3-1)29-14-6-8-18-34(29)41(35-19-10-17-32-31-16-7-9-20-36(31)43-40(32)35)28-22-24-37-33(25-28)39-30-15-5-4-13-27(30)21-23-38(39)42-37/h1-25H. The van der Waals surface area contributed by atoms with Crippen LogP contribution in [0.3, 0.4) is 0 Å². The number of fused-ring (bicyclic) bond motifs is 8. The first kappa shape index (κ1) is 23.9. The van der Waals surface area contributed by atoms with Crippen LogP contribution in [0.25, 0.3) is 65.8 Å². The fourth-order valence-corrected chi connectivity index (χ4v) is 6.52. The molecule has 0 radical (unpaired) electrons. The van der Waals surface area contributed by atoms with Crippen molar-refractivity contribution in [1.29, 1.82) is 0 Å². The molecule has 0 saturated carbocycles. The molecule has 43 heavy (non-hydrogen) atoms. The Kier molecular flexibility index (Phi) is 5.20. The highest BCUT2D eigenvalue weighted by atomic mass is 16.3. The van der Waals surface area contributed by atoms with Crippen LogP contribution in [0.5, 0.6) is 0 Å². The molecule has 0 bridgehead atoms. The van der Waals surface area contributed by atoms with Crippen molar-refractivity contribution in [3.63, 3.8) is 0 Å². The second-order valence-corrected chi connectivity index (χ2v) is 10.9. The summed E-state index contributed by atoms with van der Waals surface area (Å²) in [4.78, 5) is 2.33. The highest BCUT2D eigenvalue weighted by Crippen LogP contribution is 2.46. The van der Waals surface area contributed by atoms with Gasteiger partial charge in [-0.25, -0.2) is 0 Å². The largest absolute Gasteiger partial charge is 0.456 e. The first-order chi connectivity index (χ1) is 21.3. The van der Waals surface area contributed by atoms with Gasteiger partial charge in [0.25, 0.3) is 0 Å². The fourth-order valence-electron chi connectivity index (χ4n) is 6.52. The zero-order valence-electron chi connectivity index (χ0n) is 23.2. The lowest BCUT2D eigenvalue weighted by Crippen LogP contribution is -2.11. The minimum atomic E-state index is 0.856. The summed E-state index contributed by atoms with van der Waals surface area (Å²) in [5.74, 6) is 0. The van der Waals surface area contributed by atoms with Crippen LogP contribution in [-0.2, 0) is 0 Å². The van der Waals surface area contributed by atoms with Crippen molar-refractivity contribution < 1.29 is 8.83 Å². The zero-order chi connectivity index (χ0) is 28.3. The first-order valence-electron chi connectivity index (χ1n) is 14.5. The third-order valence-electron chi connectivity index (χ3n) is 8.46. The topological polar surface area (TPSA) is 29.5 Å². The Morgan fingerprint density at radius 3 is 2.05 bits per heavy atom. The molecule has 3 heteroatoms. The van der Waals surface area contributed by atoms with E-state index >= 15 is 0 Å². The van der Waals surface area contributed by atoms with E-state index in [4.69, 9.17) is 8.83 Å². The van der Waals surface area contributed by atoms with Gasteiger partial charge in [-0.15, -0.1) is 0 Å². The maximum atomic E-state index is 6.59. The molecule has 0 aliphatic carbocycles. The van der Waals surface area contributed by atoms with Crippen LogP contribution in [0.15, 0.2) is 160 Å². The van der Waals surface area contributed by atoms with Gasteiger partial charge in [-0.05, 0) is 58.8 Å². The number of benzene rings is 7. The van der Waals surface area contributed by atoms with Crippen molar-refractivity contribution in [2.45, 2.75) is 0 Å². The molecule has 0 N–H and O–H groups in total. The lowest BCUT2D eigenvalue weighted by atomic mass is 10.0. The maximum Gasteiger partial charge on any atom is 0.159 e. The zero-order valence-corrected chi connectivity index (χ0v) is 23.2. The number of furan rings is 2. The van der Waals surface area contributed by atoms with Crippen LogP contribution in [0.1, 0.15) is 0 Å². The van der Waals surface area contributed by atoms with Gasteiger partial charge < -0.3 is 13.7 Å². The lowest BCUT2D eigenvalue weighted by Gasteiger charge is -2.28. The van der Waals surface area contributed by atoms with Crippen molar-refractivity contribution in [1.82, 2.24) is 0 Å². The van der Waals surface area contributed by atoms with E-state index in [2.05, 4.69) is 144 Å². The van der Waals surface area contributed by atoms with Gasteiger partial charge in [-0.1, -0.05) is 109 Å². The van der Waals surface area contributed by atoms with Gasteiger partial charge in [0.1, 0.15) is 16.7 Å². The molecule has 0 saturated heterocycles. The van der Waals surface area contributed by atoms with Crippen molar-refractivity contribution in [2.24, 2.45) is 0 Å². The molecule has 3 nitrogen and oxygen atoms in total. The monoisotopic (exact) mass is 551 g/mol. The summed E-state index contributed by atoms with van der Waals surface area (Å²) in [5, 5.41) is 6.80. The molecule has 9 rings (SSSR count). The van der Waals surface area contributed by atoms with Crippen LogP contribution < -0.4 is 4.90 Å². The quantitative estimate of drug-likeness (QED) is 0.218. The molecule has 2 aromatic heterocycles. The average Bonchev–Trinajstić information content (AvgIpc) is 3.64. The second-order valence-electron chi connectivity index (χ2n) is 10.9.